The van der Waals surface area contributed by atoms with Crippen molar-refractivity contribution in [3.63, 3.8) is 0 Å². The lowest BCUT2D eigenvalue weighted by Crippen LogP contribution is -2.31. The van der Waals surface area contributed by atoms with Gasteiger partial charge in [0.25, 0.3) is 0 Å². The van der Waals surface area contributed by atoms with Crippen LogP contribution in [0.4, 0.5) is 5.69 Å². The zero-order chi connectivity index (χ0) is 16.2. The molecule has 1 aromatic carbocycles. The zero-order valence-corrected chi connectivity index (χ0v) is 14.5. The highest BCUT2D eigenvalue weighted by Gasteiger charge is 2.19. The van der Waals surface area contributed by atoms with E-state index in [0.29, 0.717) is 0 Å². The van der Waals surface area contributed by atoms with Crippen LogP contribution in [0.5, 0.6) is 5.75 Å². The molecule has 2 heterocycles. The minimum absolute atomic E-state index is 0.853. The number of fused-ring (bicyclic) bond motifs is 1. The second-order valence-corrected chi connectivity index (χ2v) is 6.33. The summed E-state index contributed by atoms with van der Waals surface area (Å²) in [7, 11) is 1.71. The molecule has 23 heavy (non-hydrogen) atoms. The van der Waals surface area contributed by atoms with Gasteiger partial charge in [-0.2, -0.15) is 0 Å². The fourth-order valence-corrected chi connectivity index (χ4v) is 3.60. The van der Waals surface area contributed by atoms with Gasteiger partial charge in [-0.25, -0.2) is 0 Å². The van der Waals surface area contributed by atoms with Crippen molar-refractivity contribution in [3.05, 3.63) is 30.0 Å². The SMILES string of the molecule is CCCN1CCCN(c2c(C)cnc3c(OC)cccc23)CC1. The van der Waals surface area contributed by atoms with Gasteiger partial charge in [-0.05, 0) is 44.5 Å². The van der Waals surface area contributed by atoms with E-state index in [2.05, 4.69) is 40.8 Å². The molecule has 1 aliphatic heterocycles. The van der Waals surface area contributed by atoms with E-state index >= 15 is 0 Å². The van der Waals surface area contributed by atoms with Crippen LogP contribution in [-0.2, 0) is 0 Å². The van der Waals surface area contributed by atoms with Gasteiger partial charge in [0.2, 0.25) is 0 Å². The van der Waals surface area contributed by atoms with Crippen molar-refractivity contribution in [3.8, 4) is 5.75 Å². The van der Waals surface area contributed by atoms with Crippen LogP contribution in [0.1, 0.15) is 25.3 Å². The molecule has 2 aromatic rings. The topological polar surface area (TPSA) is 28.6 Å². The smallest absolute Gasteiger partial charge is 0.145 e. The summed E-state index contributed by atoms with van der Waals surface area (Å²) >= 11 is 0. The normalized spacial score (nSPS) is 16.6. The van der Waals surface area contributed by atoms with Crippen LogP contribution < -0.4 is 9.64 Å². The standard InChI is InChI=1S/C19H27N3O/c1-4-9-21-10-6-11-22(13-12-21)19-15(2)14-20-18-16(19)7-5-8-17(18)23-3/h5,7-8,14H,4,6,9-13H2,1-3H3. The fraction of sp³-hybridized carbons (Fsp3) is 0.526. The lowest BCUT2D eigenvalue weighted by Gasteiger charge is -2.26. The van der Waals surface area contributed by atoms with Gasteiger partial charge in [0.1, 0.15) is 11.3 Å². The molecular weight excluding hydrogens is 286 g/mol. The lowest BCUT2D eigenvalue weighted by atomic mass is 10.1. The Hall–Kier alpha value is -1.81. The fourth-order valence-electron chi connectivity index (χ4n) is 3.60. The van der Waals surface area contributed by atoms with Crippen LogP contribution in [0.3, 0.4) is 0 Å². The maximum absolute atomic E-state index is 5.49. The number of nitrogens with zero attached hydrogens (tertiary/aromatic N) is 3. The molecule has 3 rings (SSSR count). The van der Waals surface area contributed by atoms with E-state index in [-0.39, 0.29) is 0 Å². The number of aromatic nitrogens is 1. The number of pyridine rings is 1. The maximum atomic E-state index is 5.49. The van der Waals surface area contributed by atoms with Gasteiger partial charge >= 0.3 is 0 Å². The van der Waals surface area contributed by atoms with E-state index in [9.17, 15) is 0 Å². The number of hydrogen-bond acceptors (Lipinski definition) is 4. The predicted octanol–water partition coefficient (Wildman–Crippen LogP) is 3.47. The summed E-state index contributed by atoms with van der Waals surface area (Å²) in [6.45, 7) is 10.2. The van der Waals surface area contributed by atoms with Crippen LogP contribution >= 0.6 is 0 Å². The summed E-state index contributed by atoms with van der Waals surface area (Å²) in [4.78, 5) is 9.73. The number of benzene rings is 1. The van der Waals surface area contributed by atoms with Crippen LogP contribution in [0, 0.1) is 6.92 Å². The minimum Gasteiger partial charge on any atom is -0.494 e. The molecule has 1 aliphatic rings. The molecule has 1 aromatic heterocycles. The average Bonchev–Trinajstić information content (AvgIpc) is 2.80. The van der Waals surface area contributed by atoms with E-state index in [1.165, 1.54) is 42.6 Å². The van der Waals surface area contributed by atoms with Crippen molar-refractivity contribution in [2.24, 2.45) is 0 Å². The number of hydrogen-bond donors (Lipinski definition) is 0. The Morgan fingerprint density at radius 3 is 2.83 bits per heavy atom. The van der Waals surface area contributed by atoms with E-state index in [0.717, 1.165) is 30.9 Å². The Balaban J connectivity index is 1.97. The van der Waals surface area contributed by atoms with Gasteiger partial charge in [0.15, 0.2) is 0 Å². The zero-order valence-electron chi connectivity index (χ0n) is 14.5. The highest BCUT2D eigenvalue weighted by atomic mass is 16.5. The number of para-hydroxylation sites is 1. The molecule has 0 aliphatic carbocycles. The molecule has 0 saturated carbocycles. The first-order valence-corrected chi connectivity index (χ1v) is 8.64. The molecule has 0 amide bonds. The minimum atomic E-state index is 0.853. The number of methoxy groups -OCH3 is 1. The van der Waals surface area contributed by atoms with E-state index in [1.54, 1.807) is 7.11 Å². The van der Waals surface area contributed by atoms with E-state index < -0.39 is 0 Å². The Morgan fingerprint density at radius 1 is 1.17 bits per heavy atom. The molecule has 1 saturated heterocycles. The predicted molar refractivity (Wildman–Crippen MR) is 96.6 cm³/mol. The summed E-state index contributed by atoms with van der Waals surface area (Å²) < 4.78 is 5.49. The monoisotopic (exact) mass is 313 g/mol. The van der Waals surface area contributed by atoms with E-state index in [4.69, 9.17) is 4.74 Å². The summed E-state index contributed by atoms with van der Waals surface area (Å²) in [5.41, 5.74) is 3.53. The molecule has 0 atom stereocenters. The molecule has 1 fully saturated rings. The maximum Gasteiger partial charge on any atom is 0.145 e. The second kappa shape index (κ2) is 7.18. The van der Waals surface area contributed by atoms with Crippen LogP contribution in [0.25, 0.3) is 10.9 Å². The largest absolute Gasteiger partial charge is 0.494 e. The first-order chi connectivity index (χ1) is 11.2. The second-order valence-electron chi connectivity index (χ2n) is 6.33. The van der Waals surface area contributed by atoms with Gasteiger partial charge < -0.3 is 14.5 Å². The number of anilines is 1. The highest BCUT2D eigenvalue weighted by molar-refractivity contribution is 5.96. The number of aryl methyl sites for hydroxylation is 1. The van der Waals surface area contributed by atoms with Gasteiger partial charge in [-0.3, -0.25) is 4.98 Å². The molecule has 0 bridgehead atoms. The molecular formula is C19H27N3O. The van der Waals surface area contributed by atoms with E-state index in [1.807, 2.05) is 12.3 Å². The number of rotatable bonds is 4. The summed E-state index contributed by atoms with van der Waals surface area (Å²) in [5.74, 6) is 0.853. The Labute approximate surface area is 139 Å². The van der Waals surface area contributed by atoms with Crippen molar-refractivity contribution < 1.29 is 4.74 Å². The Kier molecular flexibility index (Phi) is 5.01. The molecule has 0 spiro atoms. The van der Waals surface area contributed by atoms with Crippen molar-refractivity contribution in [1.29, 1.82) is 0 Å². The van der Waals surface area contributed by atoms with Crippen molar-refractivity contribution in [2.45, 2.75) is 26.7 Å². The lowest BCUT2D eigenvalue weighted by molar-refractivity contribution is 0.294. The molecule has 4 heteroatoms. The Bertz CT molecular complexity index is 671. The van der Waals surface area contributed by atoms with Crippen LogP contribution in [-0.4, -0.2) is 49.7 Å². The molecule has 4 nitrogen and oxygen atoms in total. The van der Waals surface area contributed by atoms with Crippen molar-refractivity contribution in [2.75, 3.05) is 44.7 Å². The molecule has 0 unspecified atom stereocenters. The van der Waals surface area contributed by atoms with Crippen molar-refractivity contribution in [1.82, 2.24) is 9.88 Å². The van der Waals surface area contributed by atoms with Gasteiger partial charge in [0.05, 0.1) is 12.8 Å². The summed E-state index contributed by atoms with van der Waals surface area (Å²) in [6.07, 6.45) is 4.43. The third-order valence-electron chi connectivity index (χ3n) is 4.68. The quantitative estimate of drug-likeness (QED) is 0.864. The summed E-state index contributed by atoms with van der Waals surface area (Å²) in [6, 6.07) is 6.22. The first-order valence-electron chi connectivity index (χ1n) is 8.64. The third-order valence-corrected chi connectivity index (χ3v) is 4.68. The van der Waals surface area contributed by atoms with Gasteiger partial charge in [-0.1, -0.05) is 19.1 Å². The van der Waals surface area contributed by atoms with Crippen LogP contribution in [0.2, 0.25) is 0 Å². The van der Waals surface area contributed by atoms with Gasteiger partial charge in [-0.15, -0.1) is 0 Å². The number of ether oxygens (including phenoxy) is 1. The highest BCUT2D eigenvalue weighted by Crippen LogP contribution is 2.34. The van der Waals surface area contributed by atoms with Gasteiger partial charge in [0, 0.05) is 31.2 Å². The third kappa shape index (κ3) is 3.27. The van der Waals surface area contributed by atoms with Crippen LogP contribution in [0.15, 0.2) is 24.4 Å². The van der Waals surface area contributed by atoms with Crippen molar-refractivity contribution >= 4 is 16.6 Å². The molecule has 0 radical (unpaired) electrons. The molecule has 0 N–H and O–H groups in total. The summed E-state index contributed by atoms with van der Waals surface area (Å²) in [5, 5.41) is 1.20. The Morgan fingerprint density at radius 2 is 2.04 bits per heavy atom. The first kappa shape index (κ1) is 16.1. The molecule has 124 valence electrons. The average molecular weight is 313 g/mol.